The van der Waals surface area contributed by atoms with Crippen LogP contribution in [0.1, 0.15) is 26.2 Å². The van der Waals surface area contributed by atoms with Crippen LogP contribution in [0.25, 0.3) is 0 Å². The lowest BCUT2D eigenvalue weighted by Gasteiger charge is -2.08. The number of halogens is 2. The van der Waals surface area contributed by atoms with Gasteiger partial charge in [0.05, 0.1) is 0 Å². The van der Waals surface area contributed by atoms with Gasteiger partial charge in [-0.15, -0.1) is 0 Å². The van der Waals surface area contributed by atoms with Crippen molar-refractivity contribution in [1.82, 2.24) is 5.32 Å². The molecule has 0 aliphatic carbocycles. The van der Waals surface area contributed by atoms with Gasteiger partial charge < -0.3 is 10.1 Å². The summed E-state index contributed by atoms with van der Waals surface area (Å²) >= 11 is 0. The molecule has 0 bridgehead atoms. The summed E-state index contributed by atoms with van der Waals surface area (Å²) in [6.45, 7) is 3.92. The van der Waals surface area contributed by atoms with Crippen molar-refractivity contribution >= 4 is 0 Å². The minimum atomic E-state index is -0.656. The molecule has 2 nitrogen and oxygen atoms in total. The molecule has 96 valence electrons. The smallest absolute Gasteiger partial charge is 0.190 e. The first-order valence-electron chi connectivity index (χ1n) is 6.03. The van der Waals surface area contributed by atoms with Crippen LogP contribution in [0.3, 0.4) is 0 Å². The summed E-state index contributed by atoms with van der Waals surface area (Å²) in [5, 5.41) is 3.16. The summed E-state index contributed by atoms with van der Waals surface area (Å²) in [7, 11) is 0. The Morgan fingerprint density at radius 2 is 1.82 bits per heavy atom. The van der Waals surface area contributed by atoms with Gasteiger partial charge in [-0.2, -0.15) is 0 Å². The number of rotatable bonds is 8. The fourth-order valence-corrected chi connectivity index (χ4v) is 1.47. The van der Waals surface area contributed by atoms with E-state index in [0.717, 1.165) is 13.0 Å². The number of benzene rings is 1. The monoisotopic (exact) mass is 243 g/mol. The molecule has 0 radical (unpaired) electrons. The lowest BCUT2D eigenvalue weighted by Crippen LogP contribution is -2.22. The van der Waals surface area contributed by atoms with E-state index in [2.05, 4.69) is 12.2 Å². The Hall–Kier alpha value is -1.16. The lowest BCUT2D eigenvalue weighted by atomic mass is 10.2. The predicted molar refractivity (Wildman–Crippen MR) is 64.2 cm³/mol. The van der Waals surface area contributed by atoms with Gasteiger partial charge in [-0.05, 0) is 25.1 Å². The highest BCUT2D eigenvalue weighted by molar-refractivity contribution is 5.25. The van der Waals surface area contributed by atoms with E-state index in [-0.39, 0.29) is 12.4 Å². The largest absolute Gasteiger partial charge is 0.486 e. The highest BCUT2D eigenvalue weighted by atomic mass is 19.1. The minimum absolute atomic E-state index is 0.268. The van der Waals surface area contributed by atoms with Crippen molar-refractivity contribution in [2.75, 3.05) is 19.7 Å². The van der Waals surface area contributed by atoms with E-state index in [1.165, 1.54) is 31.0 Å². The third-order valence-electron chi connectivity index (χ3n) is 2.40. The highest BCUT2D eigenvalue weighted by Gasteiger charge is 2.08. The molecule has 1 aromatic rings. The van der Waals surface area contributed by atoms with Gasteiger partial charge in [-0.3, -0.25) is 0 Å². The fourth-order valence-electron chi connectivity index (χ4n) is 1.47. The van der Waals surface area contributed by atoms with Crippen LogP contribution in [-0.2, 0) is 0 Å². The summed E-state index contributed by atoms with van der Waals surface area (Å²) in [5.41, 5.74) is 0. The maximum atomic E-state index is 13.1. The van der Waals surface area contributed by atoms with Crippen LogP contribution in [0.2, 0.25) is 0 Å². The van der Waals surface area contributed by atoms with Crippen molar-refractivity contribution in [3.05, 3.63) is 29.8 Å². The minimum Gasteiger partial charge on any atom is -0.486 e. The van der Waals surface area contributed by atoms with E-state index in [1.54, 1.807) is 0 Å². The van der Waals surface area contributed by atoms with E-state index < -0.39 is 11.6 Å². The van der Waals surface area contributed by atoms with Crippen molar-refractivity contribution in [2.45, 2.75) is 26.2 Å². The van der Waals surface area contributed by atoms with Gasteiger partial charge in [-0.1, -0.05) is 25.8 Å². The summed E-state index contributed by atoms with van der Waals surface area (Å²) < 4.78 is 31.3. The Bertz CT molecular complexity index is 311. The first kappa shape index (κ1) is 13.9. The van der Waals surface area contributed by atoms with Crippen molar-refractivity contribution in [2.24, 2.45) is 0 Å². The maximum absolute atomic E-state index is 13.1. The highest BCUT2D eigenvalue weighted by Crippen LogP contribution is 2.20. The van der Waals surface area contributed by atoms with Gasteiger partial charge in [0.25, 0.3) is 0 Å². The third kappa shape index (κ3) is 5.13. The van der Waals surface area contributed by atoms with Crippen molar-refractivity contribution in [3.8, 4) is 5.75 Å². The Labute approximate surface area is 101 Å². The molecule has 0 unspecified atom stereocenters. The van der Waals surface area contributed by atoms with Gasteiger partial charge in [0.15, 0.2) is 17.4 Å². The predicted octanol–water partition coefficient (Wildman–Crippen LogP) is 3.12. The summed E-state index contributed by atoms with van der Waals surface area (Å²) in [4.78, 5) is 0. The molecule has 1 N–H and O–H groups in total. The van der Waals surface area contributed by atoms with Crippen LogP contribution in [-0.4, -0.2) is 19.7 Å². The number of para-hydroxylation sites is 1. The number of hydrogen-bond acceptors (Lipinski definition) is 2. The number of nitrogens with one attached hydrogen (secondary N) is 1. The molecule has 4 heteroatoms. The first-order valence-corrected chi connectivity index (χ1v) is 6.03. The van der Waals surface area contributed by atoms with Crippen LogP contribution >= 0.6 is 0 Å². The molecule has 0 aromatic heterocycles. The van der Waals surface area contributed by atoms with Gasteiger partial charge in [-0.25, -0.2) is 8.78 Å². The summed E-state index contributed by atoms with van der Waals surface area (Å²) in [6, 6.07) is 3.70. The quantitative estimate of drug-likeness (QED) is 0.708. The Morgan fingerprint density at radius 1 is 1.12 bits per heavy atom. The molecule has 0 saturated heterocycles. The van der Waals surface area contributed by atoms with Crippen LogP contribution in [0.4, 0.5) is 8.78 Å². The molecule has 0 heterocycles. The van der Waals surface area contributed by atoms with E-state index in [1.807, 2.05) is 0 Å². The second-order valence-electron chi connectivity index (χ2n) is 3.86. The zero-order chi connectivity index (χ0) is 12.5. The molecule has 1 aromatic carbocycles. The molecule has 0 saturated carbocycles. The lowest BCUT2D eigenvalue weighted by molar-refractivity contribution is 0.283. The standard InChI is InChI=1S/C13H19F2NO/c1-2-3-4-8-16-9-10-17-13-11(14)6-5-7-12(13)15/h5-7,16H,2-4,8-10H2,1H3. The van der Waals surface area contributed by atoms with Gasteiger partial charge >= 0.3 is 0 Å². The number of unbranched alkanes of at least 4 members (excludes halogenated alkanes) is 2. The summed E-state index contributed by atoms with van der Waals surface area (Å²) in [6.07, 6.45) is 3.49. The van der Waals surface area contributed by atoms with E-state index in [9.17, 15) is 8.78 Å². The average molecular weight is 243 g/mol. The third-order valence-corrected chi connectivity index (χ3v) is 2.40. The molecule has 0 fully saturated rings. The normalized spacial score (nSPS) is 10.5. The van der Waals surface area contributed by atoms with Gasteiger partial charge in [0.2, 0.25) is 0 Å². The second kappa shape index (κ2) is 8.01. The van der Waals surface area contributed by atoms with E-state index in [4.69, 9.17) is 4.74 Å². The SMILES string of the molecule is CCCCCNCCOc1c(F)cccc1F. The molecular weight excluding hydrogens is 224 g/mol. The van der Waals surface area contributed by atoms with E-state index >= 15 is 0 Å². The zero-order valence-corrected chi connectivity index (χ0v) is 10.1. The number of ether oxygens (including phenoxy) is 1. The topological polar surface area (TPSA) is 21.3 Å². The molecule has 0 atom stereocenters. The van der Waals surface area contributed by atoms with Crippen molar-refractivity contribution in [1.29, 1.82) is 0 Å². The average Bonchev–Trinajstić information content (AvgIpc) is 2.31. The van der Waals surface area contributed by atoms with Gasteiger partial charge in [0.1, 0.15) is 6.61 Å². The molecular formula is C13H19F2NO. The zero-order valence-electron chi connectivity index (χ0n) is 10.1. The first-order chi connectivity index (χ1) is 8.25. The Balaban J connectivity index is 2.18. The molecule has 17 heavy (non-hydrogen) atoms. The maximum Gasteiger partial charge on any atom is 0.190 e. The number of hydrogen-bond donors (Lipinski definition) is 1. The Kier molecular flexibility index (Phi) is 6.55. The van der Waals surface area contributed by atoms with Crippen LogP contribution < -0.4 is 10.1 Å². The van der Waals surface area contributed by atoms with Crippen molar-refractivity contribution in [3.63, 3.8) is 0 Å². The van der Waals surface area contributed by atoms with Crippen LogP contribution in [0.15, 0.2) is 18.2 Å². The second-order valence-corrected chi connectivity index (χ2v) is 3.86. The molecule has 0 aliphatic heterocycles. The van der Waals surface area contributed by atoms with Crippen LogP contribution in [0, 0.1) is 11.6 Å². The summed E-state index contributed by atoms with van der Waals surface area (Å²) in [5.74, 6) is -1.60. The van der Waals surface area contributed by atoms with Crippen LogP contribution in [0.5, 0.6) is 5.75 Å². The molecule has 1 rings (SSSR count). The van der Waals surface area contributed by atoms with Crippen molar-refractivity contribution < 1.29 is 13.5 Å². The van der Waals surface area contributed by atoms with Gasteiger partial charge in [0, 0.05) is 6.54 Å². The molecule has 0 spiro atoms. The van der Waals surface area contributed by atoms with E-state index in [0.29, 0.717) is 6.54 Å². The fraction of sp³-hybridized carbons (Fsp3) is 0.538. The molecule has 0 aliphatic rings. The Morgan fingerprint density at radius 3 is 2.47 bits per heavy atom. The molecule has 0 amide bonds.